The van der Waals surface area contributed by atoms with Crippen LogP contribution in [0, 0.1) is 0 Å². The highest BCUT2D eigenvalue weighted by atomic mass is 79.9. The fourth-order valence-electron chi connectivity index (χ4n) is 0.839. The number of hydrogen-bond donors (Lipinski definition) is 0. The monoisotopic (exact) mass is 318 g/mol. The average molecular weight is 319 g/mol. The summed E-state index contributed by atoms with van der Waals surface area (Å²) >= 11 is 3.09. The summed E-state index contributed by atoms with van der Waals surface area (Å²) in [6.45, 7) is -0.652. The molecule has 0 saturated carbocycles. The molecule has 3 nitrogen and oxygen atoms in total. The van der Waals surface area contributed by atoms with Gasteiger partial charge in [-0.25, -0.2) is 0 Å². The van der Waals surface area contributed by atoms with Crippen LogP contribution in [0.4, 0.5) is 13.2 Å². The van der Waals surface area contributed by atoms with E-state index in [0.29, 0.717) is 10.0 Å². The number of hydrogen-bond acceptors (Lipinski definition) is 3. The molecule has 1 aromatic carbocycles. The second-order valence-electron chi connectivity index (χ2n) is 2.79. The van der Waals surface area contributed by atoms with Gasteiger partial charge < -0.3 is 0 Å². The van der Waals surface area contributed by atoms with Crippen LogP contribution in [0.15, 0.2) is 28.7 Å². The van der Waals surface area contributed by atoms with Crippen LogP contribution in [0.1, 0.15) is 5.56 Å². The number of alkyl halides is 3. The van der Waals surface area contributed by atoms with Crippen LogP contribution >= 0.6 is 15.9 Å². The summed E-state index contributed by atoms with van der Waals surface area (Å²) < 4.78 is 61.3. The fourth-order valence-corrected chi connectivity index (χ4v) is 1.71. The van der Waals surface area contributed by atoms with Crippen molar-refractivity contribution in [3.05, 3.63) is 34.3 Å². The zero-order chi connectivity index (χ0) is 12.4. The topological polar surface area (TPSA) is 43.4 Å². The second kappa shape index (κ2) is 4.72. The van der Waals surface area contributed by atoms with Crippen LogP contribution in [0.3, 0.4) is 0 Å². The lowest BCUT2D eigenvalue weighted by atomic mass is 10.2. The van der Waals surface area contributed by atoms with Crippen molar-refractivity contribution in [2.75, 3.05) is 0 Å². The molecule has 8 heteroatoms. The zero-order valence-corrected chi connectivity index (χ0v) is 10.1. The molecule has 0 aliphatic rings. The fraction of sp³-hybridized carbons (Fsp3) is 0.250. The molecule has 1 rings (SSSR count). The lowest BCUT2D eigenvalue weighted by molar-refractivity contribution is -0.0547. The molecule has 90 valence electrons. The molecule has 0 saturated heterocycles. The van der Waals surface area contributed by atoms with Gasteiger partial charge in [-0.05, 0) is 17.7 Å². The molecule has 0 radical (unpaired) electrons. The smallest absolute Gasteiger partial charge is 0.258 e. The van der Waals surface area contributed by atoms with E-state index in [1.165, 1.54) is 12.1 Å². The summed E-state index contributed by atoms with van der Waals surface area (Å²) in [4.78, 5) is 0. The van der Waals surface area contributed by atoms with Crippen molar-refractivity contribution in [1.29, 1.82) is 0 Å². The zero-order valence-electron chi connectivity index (χ0n) is 7.66. The maximum atomic E-state index is 11.9. The Bertz CT molecular complexity index is 470. The second-order valence-corrected chi connectivity index (χ2v) is 5.31. The van der Waals surface area contributed by atoms with Gasteiger partial charge in [-0.1, -0.05) is 28.1 Å². The van der Waals surface area contributed by atoms with Crippen LogP contribution < -0.4 is 0 Å². The molecule has 0 aromatic heterocycles. The van der Waals surface area contributed by atoms with Gasteiger partial charge >= 0.3 is 15.6 Å². The Kier molecular flexibility index (Phi) is 3.97. The quantitative estimate of drug-likeness (QED) is 0.636. The highest BCUT2D eigenvalue weighted by Crippen LogP contribution is 2.25. The summed E-state index contributed by atoms with van der Waals surface area (Å²) in [6.07, 6.45) is 0. The van der Waals surface area contributed by atoms with Gasteiger partial charge in [0.15, 0.2) is 0 Å². The van der Waals surface area contributed by atoms with Gasteiger partial charge in [0.1, 0.15) is 0 Å². The molecule has 0 spiro atoms. The van der Waals surface area contributed by atoms with E-state index in [1.807, 2.05) is 0 Å². The Morgan fingerprint density at radius 1 is 1.31 bits per heavy atom. The van der Waals surface area contributed by atoms with Gasteiger partial charge in [0.05, 0.1) is 6.61 Å². The molecule has 0 aliphatic heterocycles. The minimum atomic E-state index is -5.52. The highest BCUT2D eigenvalue weighted by molar-refractivity contribution is 9.10. The number of halogens is 4. The lowest BCUT2D eigenvalue weighted by Gasteiger charge is -2.08. The van der Waals surface area contributed by atoms with E-state index in [1.54, 1.807) is 12.1 Å². The molecule has 0 N–H and O–H groups in total. The number of benzene rings is 1. The molecular weight excluding hydrogens is 313 g/mol. The largest absolute Gasteiger partial charge is 0.523 e. The first-order valence-corrected chi connectivity index (χ1v) is 6.12. The Labute approximate surface area is 98.5 Å². The van der Waals surface area contributed by atoms with Gasteiger partial charge in [0.25, 0.3) is 0 Å². The Morgan fingerprint density at radius 2 is 1.94 bits per heavy atom. The van der Waals surface area contributed by atoms with Crippen LogP contribution in [-0.4, -0.2) is 13.9 Å². The molecule has 16 heavy (non-hydrogen) atoms. The van der Waals surface area contributed by atoms with Gasteiger partial charge in [0.2, 0.25) is 0 Å². The Hall–Kier alpha value is -0.600. The van der Waals surface area contributed by atoms with Crippen molar-refractivity contribution in [2.24, 2.45) is 0 Å². The maximum Gasteiger partial charge on any atom is 0.523 e. The first-order valence-electron chi connectivity index (χ1n) is 3.92. The van der Waals surface area contributed by atoms with E-state index in [0.717, 1.165) is 0 Å². The molecule has 0 bridgehead atoms. The minimum absolute atomic E-state index is 0.321. The normalized spacial score (nSPS) is 12.8. The first kappa shape index (κ1) is 13.5. The van der Waals surface area contributed by atoms with Crippen LogP contribution in [-0.2, 0) is 20.9 Å². The molecule has 0 aliphatic carbocycles. The molecule has 0 heterocycles. The van der Waals surface area contributed by atoms with E-state index in [9.17, 15) is 21.6 Å². The van der Waals surface area contributed by atoms with Gasteiger partial charge in [0, 0.05) is 4.47 Å². The molecule has 0 fully saturated rings. The van der Waals surface area contributed by atoms with Crippen molar-refractivity contribution in [3.8, 4) is 0 Å². The predicted molar refractivity (Wildman–Crippen MR) is 53.9 cm³/mol. The van der Waals surface area contributed by atoms with Crippen molar-refractivity contribution in [1.82, 2.24) is 0 Å². The highest BCUT2D eigenvalue weighted by Gasteiger charge is 2.47. The lowest BCUT2D eigenvalue weighted by Crippen LogP contribution is -2.25. The summed E-state index contributed by atoms with van der Waals surface area (Å²) in [5.41, 5.74) is -5.07. The van der Waals surface area contributed by atoms with E-state index >= 15 is 0 Å². The molecule has 0 unspecified atom stereocenters. The van der Waals surface area contributed by atoms with E-state index in [-0.39, 0.29) is 0 Å². The van der Waals surface area contributed by atoms with Crippen molar-refractivity contribution in [3.63, 3.8) is 0 Å². The molecule has 1 aromatic rings. The maximum absolute atomic E-state index is 11.9. The molecule has 0 amide bonds. The van der Waals surface area contributed by atoms with Gasteiger partial charge in [-0.3, -0.25) is 4.18 Å². The summed E-state index contributed by atoms with van der Waals surface area (Å²) in [6, 6.07) is 6.13. The van der Waals surface area contributed by atoms with E-state index < -0.39 is 22.2 Å². The summed E-state index contributed by atoms with van der Waals surface area (Å²) in [7, 11) is -5.52. The Morgan fingerprint density at radius 3 is 2.44 bits per heavy atom. The van der Waals surface area contributed by atoms with Crippen molar-refractivity contribution >= 4 is 26.0 Å². The third kappa shape index (κ3) is 3.46. The molecule has 0 atom stereocenters. The standard InChI is InChI=1S/C8H6BrF3O3S/c9-7-3-1-2-6(4-7)5-15-16(13,14)8(10,11)12/h1-4H,5H2. The third-order valence-electron chi connectivity index (χ3n) is 1.55. The van der Waals surface area contributed by atoms with Crippen LogP contribution in [0.25, 0.3) is 0 Å². The minimum Gasteiger partial charge on any atom is -0.258 e. The predicted octanol–water partition coefficient (Wildman–Crippen LogP) is 2.82. The van der Waals surface area contributed by atoms with Crippen molar-refractivity contribution < 1.29 is 25.8 Å². The first-order chi connectivity index (χ1) is 7.22. The third-order valence-corrected chi connectivity index (χ3v) is 3.04. The SMILES string of the molecule is O=S(=O)(OCc1cccc(Br)c1)C(F)(F)F. The summed E-state index contributed by atoms with van der Waals surface area (Å²) in [5, 5.41) is 0. The van der Waals surface area contributed by atoms with E-state index in [2.05, 4.69) is 20.1 Å². The van der Waals surface area contributed by atoms with Gasteiger partial charge in [-0.2, -0.15) is 21.6 Å². The van der Waals surface area contributed by atoms with Crippen LogP contribution in [0.5, 0.6) is 0 Å². The number of rotatable bonds is 3. The average Bonchev–Trinajstić information content (AvgIpc) is 2.13. The summed E-state index contributed by atoms with van der Waals surface area (Å²) in [5.74, 6) is 0. The van der Waals surface area contributed by atoms with E-state index in [4.69, 9.17) is 0 Å². The van der Waals surface area contributed by atoms with Crippen LogP contribution in [0.2, 0.25) is 0 Å². The van der Waals surface area contributed by atoms with Crippen molar-refractivity contribution in [2.45, 2.75) is 12.1 Å². The van der Waals surface area contributed by atoms with Gasteiger partial charge in [-0.15, -0.1) is 0 Å². The molecular formula is C8H6BrF3O3S. The Balaban J connectivity index is 2.73.